The number of halogens is 3. The average Bonchev–Trinajstić information content (AvgIpc) is 2.58. The molecular weight excluding hydrogens is 319 g/mol. The van der Waals surface area contributed by atoms with Gasteiger partial charge in [-0.15, -0.1) is 0 Å². The maximum Gasteiger partial charge on any atom is 0.390 e. The van der Waals surface area contributed by atoms with Gasteiger partial charge >= 0.3 is 6.18 Å². The lowest BCUT2D eigenvalue weighted by Gasteiger charge is -2.18. The number of benzene rings is 2. The summed E-state index contributed by atoms with van der Waals surface area (Å²) in [4.78, 5) is 13.1. The third kappa shape index (κ3) is 5.61. The second kappa shape index (κ2) is 7.86. The molecule has 0 aliphatic carbocycles. The highest BCUT2D eigenvalue weighted by Crippen LogP contribution is 2.20. The van der Waals surface area contributed by atoms with Gasteiger partial charge in [-0.3, -0.25) is 4.79 Å². The van der Waals surface area contributed by atoms with E-state index in [1.165, 1.54) is 7.05 Å². The summed E-state index contributed by atoms with van der Waals surface area (Å²) in [5, 5.41) is 0. The molecule has 6 heteroatoms. The molecule has 0 spiro atoms. The fourth-order valence-electron chi connectivity index (χ4n) is 2.05. The lowest BCUT2D eigenvalue weighted by atomic mass is 10.2. The maximum absolute atomic E-state index is 12.2. The molecular formula is C18H18F3NO2. The molecule has 0 atom stereocenters. The lowest BCUT2D eigenvalue weighted by molar-refractivity contribution is -0.136. The van der Waals surface area contributed by atoms with Crippen LogP contribution >= 0.6 is 0 Å². The summed E-state index contributed by atoms with van der Waals surface area (Å²) < 4.78 is 42.2. The van der Waals surface area contributed by atoms with E-state index in [1.807, 2.05) is 30.3 Å². The van der Waals surface area contributed by atoms with E-state index < -0.39 is 18.5 Å². The largest absolute Gasteiger partial charge is 0.489 e. The van der Waals surface area contributed by atoms with Crippen LogP contribution in [0.3, 0.4) is 0 Å². The Morgan fingerprint density at radius 2 is 1.67 bits per heavy atom. The fourth-order valence-corrected chi connectivity index (χ4v) is 2.05. The Labute approximate surface area is 138 Å². The predicted octanol–water partition coefficient (Wildman–Crippen LogP) is 4.29. The van der Waals surface area contributed by atoms with Crippen molar-refractivity contribution in [3.05, 3.63) is 65.7 Å². The summed E-state index contributed by atoms with van der Waals surface area (Å²) in [6, 6.07) is 16.0. The van der Waals surface area contributed by atoms with E-state index in [1.54, 1.807) is 24.3 Å². The summed E-state index contributed by atoms with van der Waals surface area (Å²) >= 11 is 0. The highest BCUT2D eigenvalue weighted by atomic mass is 19.4. The van der Waals surface area contributed by atoms with Crippen LogP contribution in [0, 0.1) is 0 Å². The van der Waals surface area contributed by atoms with Crippen LogP contribution in [0.4, 0.5) is 13.2 Å². The minimum absolute atomic E-state index is 0.326. The summed E-state index contributed by atoms with van der Waals surface area (Å²) in [6.07, 6.45) is -5.29. The van der Waals surface area contributed by atoms with Crippen LogP contribution in [0.15, 0.2) is 54.6 Å². The number of carbonyl (C=O) groups excluding carboxylic acids is 1. The molecule has 1 amide bonds. The first kappa shape index (κ1) is 17.8. The Bertz CT molecular complexity index is 654. The Balaban J connectivity index is 1.90. The van der Waals surface area contributed by atoms with Crippen LogP contribution in [0.2, 0.25) is 0 Å². The Kier molecular flexibility index (Phi) is 5.84. The first-order chi connectivity index (χ1) is 11.3. The molecule has 0 heterocycles. The number of alkyl halides is 3. The van der Waals surface area contributed by atoms with Crippen LogP contribution in [-0.4, -0.2) is 30.6 Å². The zero-order valence-corrected chi connectivity index (χ0v) is 13.2. The molecule has 0 N–H and O–H groups in total. The van der Waals surface area contributed by atoms with Crippen LogP contribution in [0.5, 0.6) is 5.75 Å². The molecule has 2 aromatic rings. The number of hydrogen-bond acceptors (Lipinski definition) is 2. The van der Waals surface area contributed by atoms with Gasteiger partial charge in [0, 0.05) is 19.2 Å². The van der Waals surface area contributed by atoms with Gasteiger partial charge in [0.2, 0.25) is 0 Å². The smallest absolute Gasteiger partial charge is 0.390 e. The van der Waals surface area contributed by atoms with Crippen molar-refractivity contribution in [2.45, 2.75) is 19.2 Å². The van der Waals surface area contributed by atoms with Crippen molar-refractivity contribution in [3.8, 4) is 5.75 Å². The van der Waals surface area contributed by atoms with Crippen molar-refractivity contribution in [1.82, 2.24) is 4.90 Å². The van der Waals surface area contributed by atoms with E-state index in [-0.39, 0.29) is 6.54 Å². The van der Waals surface area contributed by atoms with Crippen molar-refractivity contribution >= 4 is 5.91 Å². The minimum Gasteiger partial charge on any atom is -0.489 e. The van der Waals surface area contributed by atoms with Gasteiger partial charge < -0.3 is 9.64 Å². The second-order valence-corrected chi connectivity index (χ2v) is 5.39. The van der Waals surface area contributed by atoms with Gasteiger partial charge in [-0.2, -0.15) is 13.2 Å². The van der Waals surface area contributed by atoms with Gasteiger partial charge in [-0.05, 0) is 29.8 Å². The molecule has 0 aliphatic rings. The molecule has 2 rings (SSSR count). The number of rotatable bonds is 6. The fraction of sp³-hybridized carbons (Fsp3) is 0.278. The third-order valence-electron chi connectivity index (χ3n) is 3.43. The molecule has 0 unspecified atom stereocenters. The number of carbonyl (C=O) groups is 1. The Morgan fingerprint density at radius 1 is 1.04 bits per heavy atom. The van der Waals surface area contributed by atoms with Crippen LogP contribution in [-0.2, 0) is 6.61 Å². The standard InChI is InChI=1S/C18H18F3NO2/c1-22(12-11-18(19,20)21)17(23)15-7-9-16(10-8-15)24-13-14-5-3-2-4-6-14/h2-10H,11-13H2,1H3. The number of amides is 1. The molecule has 0 aromatic heterocycles. The summed E-state index contributed by atoms with van der Waals surface area (Å²) in [6.45, 7) is 0.0359. The number of hydrogen-bond donors (Lipinski definition) is 0. The average molecular weight is 337 g/mol. The normalized spacial score (nSPS) is 11.2. The van der Waals surface area contributed by atoms with Gasteiger partial charge in [0.25, 0.3) is 5.91 Å². The number of nitrogens with zero attached hydrogens (tertiary/aromatic N) is 1. The van der Waals surface area contributed by atoms with Gasteiger partial charge in [-0.1, -0.05) is 30.3 Å². The Morgan fingerprint density at radius 3 is 2.25 bits per heavy atom. The van der Waals surface area contributed by atoms with Crippen molar-refractivity contribution in [1.29, 1.82) is 0 Å². The van der Waals surface area contributed by atoms with Crippen molar-refractivity contribution in [2.75, 3.05) is 13.6 Å². The molecule has 0 saturated carbocycles. The molecule has 24 heavy (non-hydrogen) atoms. The summed E-state index contributed by atoms with van der Waals surface area (Å²) in [5.41, 5.74) is 1.34. The molecule has 0 radical (unpaired) electrons. The van der Waals surface area contributed by atoms with Crippen molar-refractivity contribution < 1.29 is 22.7 Å². The van der Waals surface area contributed by atoms with Gasteiger partial charge in [0.1, 0.15) is 12.4 Å². The molecule has 0 aliphatic heterocycles. The first-order valence-corrected chi connectivity index (χ1v) is 7.44. The van der Waals surface area contributed by atoms with Gasteiger partial charge in [0.05, 0.1) is 6.42 Å². The van der Waals surface area contributed by atoms with E-state index in [0.29, 0.717) is 17.9 Å². The van der Waals surface area contributed by atoms with E-state index in [9.17, 15) is 18.0 Å². The predicted molar refractivity (Wildman–Crippen MR) is 84.8 cm³/mol. The van der Waals surface area contributed by atoms with E-state index in [4.69, 9.17) is 4.74 Å². The zero-order chi connectivity index (χ0) is 17.6. The highest BCUT2D eigenvalue weighted by molar-refractivity contribution is 5.94. The summed E-state index contributed by atoms with van der Waals surface area (Å²) in [5.74, 6) is 0.141. The molecule has 0 bridgehead atoms. The highest BCUT2D eigenvalue weighted by Gasteiger charge is 2.28. The van der Waals surface area contributed by atoms with E-state index in [0.717, 1.165) is 10.5 Å². The molecule has 3 nitrogen and oxygen atoms in total. The van der Waals surface area contributed by atoms with Gasteiger partial charge in [0.15, 0.2) is 0 Å². The SMILES string of the molecule is CN(CCC(F)(F)F)C(=O)c1ccc(OCc2ccccc2)cc1. The molecule has 128 valence electrons. The quantitative estimate of drug-likeness (QED) is 0.787. The van der Waals surface area contributed by atoms with Crippen LogP contribution < -0.4 is 4.74 Å². The molecule has 2 aromatic carbocycles. The van der Waals surface area contributed by atoms with E-state index >= 15 is 0 Å². The minimum atomic E-state index is -4.27. The first-order valence-electron chi connectivity index (χ1n) is 7.44. The maximum atomic E-state index is 12.2. The zero-order valence-electron chi connectivity index (χ0n) is 13.2. The lowest BCUT2D eigenvalue weighted by Crippen LogP contribution is -2.30. The molecule has 0 fully saturated rings. The van der Waals surface area contributed by atoms with Crippen molar-refractivity contribution in [3.63, 3.8) is 0 Å². The van der Waals surface area contributed by atoms with Crippen LogP contribution in [0.25, 0.3) is 0 Å². The monoisotopic (exact) mass is 337 g/mol. The second-order valence-electron chi connectivity index (χ2n) is 5.39. The van der Waals surface area contributed by atoms with Crippen molar-refractivity contribution in [2.24, 2.45) is 0 Å². The van der Waals surface area contributed by atoms with E-state index in [2.05, 4.69) is 0 Å². The summed E-state index contributed by atoms with van der Waals surface area (Å²) in [7, 11) is 1.36. The number of ether oxygens (including phenoxy) is 1. The van der Waals surface area contributed by atoms with Gasteiger partial charge in [-0.25, -0.2) is 0 Å². The van der Waals surface area contributed by atoms with Crippen LogP contribution in [0.1, 0.15) is 22.3 Å². The topological polar surface area (TPSA) is 29.5 Å². The third-order valence-corrected chi connectivity index (χ3v) is 3.43. The Hall–Kier alpha value is -2.50. The molecule has 0 saturated heterocycles.